The molecule has 0 amide bonds. The fraction of sp³-hybridized carbons (Fsp3) is 0.227. The number of para-hydroxylation sites is 2. The van der Waals surface area contributed by atoms with Crippen molar-refractivity contribution in [3.8, 4) is 5.75 Å². The summed E-state index contributed by atoms with van der Waals surface area (Å²) in [6, 6.07) is 31.8. The number of anilines is 4. The molecule has 1 unspecified atom stereocenters. The van der Waals surface area contributed by atoms with Crippen molar-refractivity contribution in [2.45, 2.75) is 58.2 Å². The summed E-state index contributed by atoms with van der Waals surface area (Å²) in [4.78, 5) is 45.5. The van der Waals surface area contributed by atoms with Gasteiger partial charge in [-0.1, -0.05) is 109 Å². The second kappa shape index (κ2) is 22.0. The van der Waals surface area contributed by atoms with Crippen LogP contribution >= 0.6 is 23.2 Å². The molecule has 6 N–H and O–H groups in total. The zero-order chi connectivity index (χ0) is 42.2. The van der Waals surface area contributed by atoms with Crippen molar-refractivity contribution in [1.82, 2.24) is 0 Å². The van der Waals surface area contributed by atoms with Crippen molar-refractivity contribution in [2.75, 3.05) is 17.2 Å². The first-order chi connectivity index (χ1) is 27.8. The second-order valence-electron chi connectivity index (χ2n) is 13.1. The first kappa shape index (κ1) is 44.6. The van der Waals surface area contributed by atoms with Crippen LogP contribution in [0.5, 0.6) is 5.75 Å². The van der Waals surface area contributed by atoms with E-state index in [4.69, 9.17) is 37.8 Å². The minimum atomic E-state index is -1.13. The number of nitrogens with one attached hydrogen (secondary N) is 2. The average molecular weight is 832 g/mol. The molecule has 0 spiro atoms. The van der Waals surface area contributed by atoms with Crippen LogP contribution < -0.4 is 15.4 Å². The molecule has 0 saturated heterocycles. The van der Waals surface area contributed by atoms with Gasteiger partial charge in [0.05, 0.1) is 38.7 Å². The van der Waals surface area contributed by atoms with Crippen LogP contribution in [0.2, 0.25) is 10.0 Å². The quantitative estimate of drug-likeness (QED) is 0.0659. The molecule has 0 heterocycles. The summed E-state index contributed by atoms with van der Waals surface area (Å²) in [6.07, 6.45) is 4.78. The van der Waals surface area contributed by atoms with E-state index in [0.717, 1.165) is 31.2 Å². The highest BCUT2D eigenvalue weighted by molar-refractivity contribution is 6.42. The number of halogens is 2. The van der Waals surface area contributed by atoms with E-state index in [9.17, 15) is 34.5 Å². The van der Waals surface area contributed by atoms with Gasteiger partial charge in [0, 0.05) is 17.4 Å². The molecule has 1 fully saturated rings. The Balaban J connectivity index is 0.000000211. The largest absolute Gasteiger partial charge is 0.482 e. The van der Waals surface area contributed by atoms with Gasteiger partial charge in [-0.2, -0.15) is 0 Å². The Hall–Kier alpha value is -6.08. The van der Waals surface area contributed by atoms with Crippen LogP contribution in [0.4, 0.5) is 22.7 Å². The van der Waals surface area contributed by atoms with E-state index >= 15 is 0 Å². The third kappa shape index (κ3) is 13.0. The molecule has 12 nitrogen and oxygen atoms in total. The van der Waals surface area contributed by atoms with Crippen molar-refractivity contribution in [3.05, 3.63) is 147 Å². The molecular weight excluding hydrogens is 787 g/mol. The summed E-state index contributed by atoms with van der Waals surface area (Å²) < 4.78 is 10.6. The van der Waals surface area contributed by atoms with E-state index in [1.165, 1.54) is 12.5 Å². The van der Waals surface area contributed by atoms with Crippen LogP contribution in [-0.4, -0.2) is 57.0 Å². The molecule has 1 aliphatic carbocycles. The topological polar surface area (TPSA) is 192 Å². The van der Waals surface area contributed by atoms with Gasteiger partial charge in [0.25, 0.3) is 0 Å². The SMILES string of the molecule is Cc1c(C)c(C(=O)O)c(Nc2ccccc2)c(Nc2ccccc2)c1C(=O)O.O=C(O)C(OC1CCCCC1)c1ccccc1.O=C(O)COc1ccc(Cl)c(Cl)c1. The van der Waals surface area contributed by atoms with Gasteiger partial charge in [0.1, 0.15) is 5.75 Å². The Morgan fingerprint density at radius 1 is 0.655 bits per heavy atom. The average Bonchev–Trinajstić information content (AvgIpc) is 3.21. The Morgan fingerprint density at radius 2 is 1.12 bits per heavy atom. The van der Waals surface area contributed by atoms with Crippen LogP contribution in [-0.2, 0) is 14.3 Å². The molecule has 0 bridgehead atoms. The van der Waals surface area contributed by atoms with E-state index in [1.54, 1.807) is 50.2 Å². The van der Waals surface area contributed by atoms with E-state index in [1.807, 2.05) is 66.7 Å². The Labute approximate surface area is 346 Å². The van der Waals surface area contributed by atoms with Gasteiger partial charge in [-0.25, -0.2) is 19.2 Å². The van der Waals surface area contributed by atoms with Crippen molar-refractivity contribution >= 4 is 69.8 Å². The summed E-state index contributed by atoms with van der Waals surface area (Å²) in [6.45, 7) is 2.85. The molecule has 0 radical (unpaired) electrons. The maximum atomic E-state index is 12.1. The van der Waals surface area contributed by atoms with E-state index < -0.39 is 36.6 Å². The molecular formula is C44H44Cl2N2O10. The lowest BCUT2D eigenvalue weighted by molar-refractivity contribution is -0.156. The molecule has 58 heavy (non-hydrogen) atoms. The number of aliphatic carboxylic acids is 2. The molecule has 1 atom stereocenters. The number of carbonyl (C=O) groups is 4. The van der Waals surface area contributed by atoms with Gasteiger partial charge in [-0.05, 0) is 79.8 Å². The molecule has 0 aliphatic heterocycles. The number of aromatic carboxylic acids is 2. The zero-order valence-electron chi connectivity index (χ0n) is 31.8. The minimum absolute atomic E-state index is 0.0322. The lowest BCUT2D eigenvalue weighted by Crippen LogP contribution is -2.24. The molecule has 5 aromatic rings. The summed E-state index contributed by atoms with van der Waals surface area (Å²) in [5, 5.41) is 44.2. The fourth-order valence-electron chi connectivity index (χ4n) is 6.13. The van der Waals surface area contributed by atoms with Gasteiger partial charge in [-0.15, -0.1) is 0 Å². The minimum Gasteiger partial charge on any atom is -0.482 e. The number of ether oxygens (including phenoxy) is 2. The highest BCUT2D eigenvalue weighted by atomic mass is 35.5. The predicted octanol–water partition coefficient (Wildman–Crippen LogP) is 10.8. The first-order valence-electron chi connectivity index (χ1n) is 18.3. The molecule has 5 aromatic carbocycles. The molecule has 14 heteroatoms. The van der Waals surface area contributed by atoms with Crippen LogP contribution in [0.15, 0.2) is 109 Å². The van der Waals surface area contributed by atoms with Gasteiger partial charge in [0.2, 0.25) is 0 Å². The number of carboxylic acid groups (broad SMARTS) is 4. The van der Waals surface area contributed by atoms with Gasteiger partial charge >= 0.3 is 23.9 Å². The Bertz CT molecular complexity index is 2080. The van der Waals surface area contributed by atoms with Crippen molar-refractivity contribution in [2.24, 2.45) is 0 Å². The number of hydrogen-bond donors (Lipinski definition) is 6. The number of hydrogen-bond acceptors (Lipinski definition) is 8. The lowest BCUT2D eigenvalue weighted by Gasteiger charge is -2.25. The third-order valence-corrected chi connectivity index (χ3v) is 9.78. The zero-order valence-corrected chi connectivity index (χ0v) is 33.3. The summed E-state index contributed by atoms with van der Waals surface area (Å²) in [7, 11) is 0. The number of carboxylic acids is 4. The van der Waals surface area contributed by atoms with Crippen LogP contribution in [0.1, 0.15) is 75.6 Å². The smallest absolute Gasteiger partial charge is 0.341 e. The lowest BCUT2D eigenvalue weighted by atomic mass is 9.93. The summed E-state index contributed by atoms with van der Waals surface area (Å²) >= 11 is 11.3. The molecule has 1 aliphatic rings. The van der Waals surface area contributed by atoms with Crippen LogP contribution in [0.25, 0.3) is 0 Å². The molecule has 1 saturated carbocycles. The molecule has 0 aromatic heterocycles. The monoisotopic (exact) mass is 830 g/mol. The van der Waals surface area contributed by atoms with Crippen LogP contribution in [0.3, 0.4) is 0 Å². The van der Waals surface area contributed by atoms with Crippen molar-refractivity contribution in [1.29, 1.82) is 0 Å². The number of rotatable bonds is 13. The summed E-state index contributed by atoms with van der Waals surface area (Å²) in [5.41, 5.74) is 3.33. The van der Waals surface area contributed by atoms with Gasteiger partial charge in [0.15, 0.2) is 12.7 Å². The summed E-state index contributed by atoms with van der Waals surface area (Å²) in [5.74, 6) is -3.82. The predicted molar refractivity (Wildman–Crippen MR) is 224 cm³/mol. The van der Waals surface area contributed by atoms with E-state index in [0.29, 0.717) is 38.3 Å². The fourth-order valence-corrected chi connectivity index (χ4v) is 6.42. The maximum absolute atomic E-state index is 12.1. The second-order valence-corrected chi connectivity index (χ2v) is 13.9. The van der Waals surface area contributed by atoms with E-state index in [2.05, 4.69) is 10.6 Å². The van der Waals surface area contributed by atoms with Crippen molar-refractivity contribution < 1.29 is 49.1 Å². The highest BCUT2D eigenvalue weighted by Crippen LogP contribution is 2.40. The normalized spacial score (nSPS) is 12.7. The Kier molecular flexibility index (Phi) is 16.9. The van der Waals surface area contributed by atoms with Gasteiger partial charge < -0.3 is 40.5 Å². The van der Waals surface area contributed by atoms with Crippen molar-refractivity contribution in [3.63, 3.8) is 0 Å². The van der Waals surface area contributed by atoms with Crippen LogP contribution in [0, 0.1) is 13.8 Å². The maximum Gasteiger partial charge on any atom is 0.341 e. The molecule has 6 rings (SSSR count). The number of benzene rings is 5. The first-order valence-corrected chi connectivity index (χ1v) is 19.0. The van der Waals surface area contributed by atoms with E-state index in [-0.39, 0.29) is 28.6 Å². The third-order valence-electron chi connectivity index (χ3n) is 9.04. The highest BCUT2D eigenvalue weighted by Gasteiger charge is 2.28. The standard InChI is InChI=1S/C22H20N2O4.C14H18O3.C8H6Cl2O3/c1-13-14(2)18(22(27)28)20(24-16-11-7-4-8-12-16)19(17(13)21(25)26)23-15-9-5-3-6-10-15;15-14(16)13(11-7-3-1-4-8-11)17-12-9-5-2-6-10-12;9-6-2-1-5(3-7(6)10)13-4-8(11)12/h3-12,23-24H,1-2H3,(H,25,26)(H,27,28);1,3-4,7-8,12-13H,2,5-6,9-10H2,(H,15,16);1-3H,4H2,(H,11,12). The molecule has 304 valence electrons. The Morgan fingerprint density at radius 3 is 1.53 bits per heavy atom. The van der Waals surface area contributed by atoms with Gasteiger partial charge in [-0.3, -0.25) is 0 Å².